The van der Waals surface area contributed by atoms with Crippen molar-refractivity contribution in [1.82, 2.24) is 0 Å². The molecule has 2 rings (SSSR count). The first-order valence-corrected chi connectivity index (χ1v) is 8.09. The average Bonchev–Trinajstić information content (AvgIpc) is 2.37. The van der Waals surface area contributed by atoms with Gasteiger partial charge in [0.1, 0.15) is 5.75 Å². The molecule has 0 spiro atoms. The van der Waals surface area contributed by atoms with Gasteiger partial charge in [0.05, 0.1) is 10.6 Å². The zero-order valence-electron chi connectivity index (χ0n) is 12.6. The number of phenolic OH excluding ortho intramolecular Hbond substituents is 1. The fourth-order valence-corrected chi connectivity index (χ4v) is 3.62. The van der Waals surface area contributed by atoms with Crippen molar-refractivity contribution in [2.24, 2.45) is 0 Å². The third-order valence-corrected chi connectivity index (χ3v) is 4.83. The molecule has 0 aromatic heterocycles. The molecule has 0 unspecified atom stereocenters. The molecule has 0 aliphatic rings. The molecule has 0 saturated heterocycles. The van der Waals surface area contributed by atoms with Gasteiger partial charge in [-0.1, -0.05) is 18.2 Å². The van der Waals surface area contributed by atoms with Gasteiger partial charge in [-0.05, 0) is 62.1 Å². The average molecular weight is 305 g/mol. The summed E-state index contributed by atoms with van der Waals surface area (Å²) in [7, 11) is -3.73. The first-order valence-electron chi connectivity index (χ1n) is 6.61. The van der Waals surface area contributed by atoms with Gasteiger partial charge in [-0.2, -0.15) is 0 Å². The van der Waals surface area contributed by atoms with E-state index in [1.165, 1.54) is 0 Å². The molecule has 0 saturated carbocycles. The molecule has 0 amide bonds. The van der Waals surface area contributed by atoms with Gasteiger partial charge in [-0.15, -0.1) is 0 Å². The lowest BCUT2D eigenvalue weighted by Crippen LogP contribution is -2.15. The van der Waals surface area contributed by atoms with Crippen LogP contribution in [0.25, 0.3) is 0 Å². The summed E-state index contributed by atoms with van der Waals surface area (Å²) in [6, 6.07) is 8.67. The van der Waals surface area contributed by atoms with E-state index in [9.17, 15) is 13.5 Å². The number of benzene rings is 2. The van der Waals surface area contributed by atoms with E-state index in [0.717, 1.165) is 11.1 Å². The molecule has 0 bridgehead atoms. The van der Waals surface area contributed by atoms with E-state index in [1.807, 2.05) is 19.9 Å². The Morgan fingerprint density at radius 2 is 1.57 bits per heavy atom. The summed E-state index contributed by atoms with van der Waals surface area (Å²) < 4.78 is 27.5. The third kappa shape index (κ3) is 3.19. The number of nitrogens with one attached hydrogen (secondary N) is 1. The van der Waals surface area contributed by atoms with Crippen molar-refractivity contribution in [1.29, 1.82) is 0 Å². The van der Waals surface area contributed by atoms with Crippen molar-refractivity contribution >= 4 is 15.7 Å². The quantitative estimate of drug-likeness (QED) is 0.854. The molecule has 112 valence electrons. The molecule has 0 radical (unpaired) electrons. The lowest BCUT2D eigenvalue weighted by atomic mass is 10.1. The zero-order chi connectivity index (χ0) is 15.8. The van der Waals surface area contributed by atoms with Gasteiger partial charge in [-0.25, -0.2) is 8.42 Å². The maximum atomic E-state index is 12.5. The van der Waals surface area contributed by atoms with E-state index < -0.39 is 10.0 Å². The number of phenols is 1. The molecule has 0 heterocycles. The smallest absolute Gasteiger partial charge is 0.262 e. The van der Waals surface area contributed by atoms with Crippen molar-refractivity contribution in [3.63, 3.8) is 0 Å². The van der Waals surface area contributed by atoms with E-state index in [2.05, 4.69) is 4.72 Å². The van der Waals surface area contributed by atoms with Crippen LogP contribution in [0, 0.1) is 27.7 Å². The summed E-state index contributed by atoms with van der Waals surface area (Å²) in [6.07, 6.45) is 0. The highest BCUT2D eigenvalue weighted by atomic mass is 32.2. The second-order valence-electron chi connectivity index (χ2n) is 5.35. The van der Waals surface area contributed by atoms with E-state index in [1.54, 1.807) is 38.1 Å². The van der Waals surface area contributed by atoms with E-state index >= 15 is 0 Å². The second kappa shape index (κ2) is 5.41. The molecule has 0 aliphatic heterocycles. The Morgan fingerprint density at radius 1 is 0.905 bits per heavy atom. The van der Waals surface area contributed by atoms with Crippen LogP contribution in [0.2, 0.25) is 0 Å². The summed E-state index contributed by atoms with van der Waals surface area (Å²) >= 11 is 0. The van der Waals surface area contributed by atoms with E-state index in [4.69, 9.17) is 0 Å². The Morgan fingerprint density at radius 3 is 2.24 bits per heavy atom. The fourth-order valence-electron chi connectivity index (χ4n) is 2.23. The standard InChI is InChI=1S/C16H19NO3S/c1-10-5-6-12(3)15(9-10)21(19,20)17-14-8-11(2)7-13(4)16(14)18/h5-9,17-18H,1-4H3. The van der Waals surface area contributed by atoms with Gasteiger partial charge >= 0.3 is 0 Å². The van der Waals surface area contributed by atoms with Crippen LogP contribution in [0.5, 0.6) is 5.75 Å². The van der Waals surface area contributed by atoms with Gasteiger partial charge in [-0.3, -0.25) is 4.72 Å². The van der Waals surface area contributed by atoms with Crippen LogP contribution in [-0.4, -0.2) is 13.5 Å². The van der Waals surface area contributed by atoms with Crippen LogP contribution in [0.4, 0.5) is 5.69 Å². The highest BCUT2D eigenvalue weighted by Crippen LogP contribution is 2.31. The van der Waals surface area contributed by atoms with Crippen molar-refractivity contribution in [2.45, 2.75) is 32.6 Å². The highest BCUT2D eigenvalue weighted by Gasteiger charge is 2.19. The summed E-state index contributed by atoms with van der Waals surface area (Å²) in [5.41, 5.74) is 3.24. The first-order chi connectivity index (χ1) is 9.70. The molecule has 0 fully saturated rings. The maximum Gasteiger partial charge on any atom is 0.262 e. The van der Waals surface area contributed by atoms with Crippen LogP contribution >= 0.6 is 0 Å². The number of anilines is 1. The molecule has 0 aliphatic carbocycles. The highest BCUT2D eigenvalue weighted by molar-refractivity contribution is 7.92. The summed E-state index contributed by atoms with van der Waals surface area (Å²) in [4.78, 5) is 0.223. The van der Waals surface area contributed by atoms with Crippen LogP contribution in [0.1, 0.15) is 22.3 Å². The largest absolute Gasteiger partial charge is 0.505 e. The topological polar surface area (TPSA) is 66.4 Å². The van der Waals surface area contributed by atoms with Gasteiger partial charge in [0.15, 0.2) is 0 Å². The Kier molecular flexibility index (Phi) is 3.96. The minimum Gasteiger partial charge on any atom is -0.505 e. The van der Waals surface area contributed by atoms with Gasteiger partial charge in [0.25, 0.3) is 10.0 Å². The number of hydrogen-bond donors (Lipinski definition) is 2. The maximum absolute atomic E-state index is 12.5. The molecular weight excluding hydrogens is 286 g/mol. The van der Waals surface area contributed by atoms with Crippen LogP contribution in [0.3, 0.4) is 0 Å². The molecular formula is C16H19NO3S. The number of aromatic hydroxyl groups is 1. The van der Waals surface area contributed by atoms with Gasteiger partial charge in [0, 0.05) is 0 Å². The van der Waals surface area contributed by atoms with Crippen molar-refractivity contribution in [3.8, 4) is 5.75 Å². The van der Waals surface area contributed by atoms with Gasteiger partial charge in [0.2, 0.25) is 0 Å². The minimum absolute atomic E-state index is 0.0468. The number of sulfonamides is 1. The summed E-state index contributed by atoms with van der Waals surface area (Å²) in [5.74, 6) is -0.0468. The van der Waals surface area contributed by atoms with Crippen molar-refractivity contribution in [2.75, 3.05) is 4.72 Å². The predicted molar refractivity (Wildman–Crippen MR) is 84.3 cm³/mol. The molecule has 2 aromatic carbocycles. The monoisotopic (exact) mass is 305 g/mol. The Bertz CT molecular complexity index is 795. The molecule has 4 nitrogen and oxygen atoms in total. The van der Waals surface area contributed by atoms with Crippen LogP contribution in [-0.2, 0) is 10.0 Å². The Balaban J connectivity index is 2.50. The molecule has 2 N–H and O–H groups in total. The number of aryl methyl sites for hydroxylation is 4. The predicted octanol–water partition coefficient (Wildman–Crippen LogP) is 3.43. The van der Waals surface area contributed by atoms with E-state index in [-0.39, 0.29) is 16.3 Å². The summed E-state index contributed by atoms with van der Waals surface area (Å²) in [5, 5.41) is 10.0. The van der Waals surface area contributed by atoms with Crippen LogP contribution < -0.4 is 4.72 Å². The Labute approximate surface area is 125 Å². The second-order valence-corrected chi connectivity index (χ2v) is 7.00. The number of hydrogen-bond acceptors (Lipinski definition) is 3. The lowest BCUT2D eigenvalue weighted by molar-refractivity contribution is 0.473. The summed E-state index contributed by atoms with van der Waals surface area (Å²) in [6.45, 7) is 7.17. The molecule has 0 atom stereocenters. The van der Waals surface area contributed by atoms with Gasteiger partial charge < -0.3 is 5.11 Å². The zero-order valence-corrected chi connectivity index (χ0v) is 13.4. The minimum atomic E-state index is -3.73. The molecule has 2 aromatic rings. The third-order valence-electron chi connectivity index (χ3n) is 3.32. The molecule has 21 heavy (non-hydrogen) atoms. The van der Waals surface area contributed by atoms with E-state index in [0.29, 0.717) is 11.1 Å². The normalized spacial score (nSPS) is 11.4. The fraction of sp³-hybridized carbons (Fsp3) is 0.250. The van der Waals surface area contributed by atoms with Crippen molar-refractivity contribution in [3.05, 3.63) is 52.6 Å². The Hall–Kier alpha value is -2.01. The molecule has 5 heteroatoms. The number of rotatable bonds is 3. The van der Waals surface area contributed by atoms with Crippen LogP contribution in [0.15, 0.2) is 35.2 Å². The SMILES string of the molecule is Cc1cc(C)c(O)c(NS(=O)(=O)c2cc(C)ccc2C)c1. The van der Waals surface area contributed by atoms with Crippen molar-refractivity contribution < 1.29 is 13.5 Å². The lowest BCUT2D eigenvalue weighted by Gasteiger charge is -2.14. The first kappa shape index (κ1) is 15.4.